The molecule has 3 aromatic rings. The topological polar surface area (TPSA) is 54.0 Å². The number of amides is 1. The number of carbonyl (C=O) groups is 1. The highest BCUT2D eigenvalue weighted by atomic mass is 35.5. The zero-order valence-electron chi connectivity index (χ0n) is 17.4. The van der Waals surface area contributed by atoms with Crippen LogP contribution in [0.25, 0.3) is 10.1 Å². The molecule has 6 nitrogen and oxygen atoms in total. The van der Waals surface area contributed by atoms with Gasteiger partial charge in [-0.3, -0.25) is 4.79 Å². The van der Waals surface area contributed by atoms with Crippen LogP contribution in [0.1, 0.15) is 9.67 Å². The fourth-order valence-electron chi connectivity index (χ4n) is 4.07. The van der Waals surface area contributed by atoms with E-state index in [1.54, 1.807) is 6.07 Å². The van der Waals surface area contributed by atoms with E-state index in [1.807, 2.05) is 18.2 Å². The van der Waals surface area contributed by atoms with Gasteiger partial charge < -0.3 is 24.6 Å². The zero-order valence-corrected chi connectivity index (χ0v) is 19.7. The number of fused-ring (bicyclic) bond motifs is 1. The lowest BCUT2D eigenvalue weighted by Gasteiger charge is -2.33. The Morgan fingerprint density at radius 2 is 1.59 bits per heavy atom. The number of benzene rings is 2. The first kappa shape index (κ1) is 21.8. The van der Waals surface area contributed by atoms with Crippen LogP contribution in [0.15, 0.2) is 36.4 Å². The lowest BCUT2D eigenvalue weighted by Crippen LogP contribution is -2.38. The van der Waals surface area contributed by atoms with Gasteiger partial charge in [0.15, 0.2) is 0 Å². The molecule has 0 aliphatic carbocycles. The molecule has 0 atom stereocenters. The molecule has 0 bridgehead atoms. The number of thiophene rings is 1. The van der Waals surface area contributed by atoms with Crippen LogP contribution in [0.3, 0.4) is 0 Å². The van der Waals surface area contributed by atoms with Crippen molar-refractivity contribution < 1.29 is 14.3 Å². The van der Waals surface area contributed by atoms with Crippen molar-refractivity contribution >= 4 is 67.6 Å². The maximum atomic E-state index is 13.2. The van der Waals surface area contributed by atoms with Crippen LogP contribution in [0, 0.1) is 0 Å². The second kappa shape index (κ2) is 9.45. The van der Waals surface area contributed by atoms with Crippen molar-refractivity contribution in [2.24, 2.45) is 0 Å². The van der Waals surface area contributed by atoms with Gasteiger partial charge in [-0.15, -0.1) is 11.3 Å². The summed E-state index contributed by atoms with van der Waals surface area (Å²) < 4.78 is 11.9. The molecule has 0 saturated carbocycles. The van der Waals surface area contributed by atoms with E-state index in [1.165, 1.54) is 11.3 Å². The van der Waals surface area contributed by atoms with Crippen LogP contribution in [0.4, 0.5) is 17.1 Å². The zero-order chi connectivity index (χ0) is 22.1. The van der Waals surface area contributed by atoms with Crippen molar-refractivity contribution in [3.63, 3.8) is 0 Å². The maximum absolute atomic E-state index is 13.2. The molecule has 0 spiro atoms. The fraction of sp³-hybridized carbons (Fsp3) is 0.348. The highest BCUT2D eigenvalue weighted by molar-refractivity contribution is 7.21. The van der Waals surface area contributed by atoms with Gasteiger partial charge in [0.2, 0.25) is 0 Å². The number of nitrogens with one attached hydrogen (secondary N) is 1. The SMILES string of the molecule is O=C(Nc1ccc(N2CCOCC2)cc1N1CCOCC1)c1sc2cc(Cl)ccc2c1Cl. The van der Waals surface area contributed by atoms with E-state index >= 15 is 0 Å². The molecule has 1 amide bonds. The number of rotatable bonds is 4. The number of hydrogen-bond acceptors (Lipinski definition) is 6. The lowest BCUT2D eigenvalue weighted by molar-refractivity contribution is 0.103. The number of morpholine rings is 2. The molecule has 2 aromatic carbocycles. The normalized spacial score (nSPS) is 17.1. The lowest BCUT2D eigenvalue weighted by atomic mass is 10.1. The van der Waals surface area contributed by atoms with Gasteiger partial charge in [0.25, 0.3) is 5.91 Å². The van der Waals surface area contributed by atoms with Gasteiger partial charge in [0, 0.05) is 47.0 Å². The van der Waals surface area contributed by atoms with Gasteiger partial charge in [-0.1, -0.05) is 29.3 Å². The summed E-state index contributed by atoms with van der Waals surface area (Å²) in [5.41, 5.74) is 2.88. The predicted octanol–water partition coefficient (Wildman–Crippen LogP) is 5.13. The smallest absolute Gasteiger partial charge is 0.267 e. The Kier molecular flexibility index (Phi) is 6.44. The summed E-state index contributed by atoms with van der Waals surface area (Å²) in [6.45, 7) is 6.04. The van der Waals surface area contributed by atoms with Crippen LogP contribution >= 0.6 is 34.5 Å². The van der Waals surface area contributed by atoms with Gasteiger partial charge in [-0.25, -0.2) is 0 Å². The van der Waals surface area contributed by atoms with Crippen LogP contribution in [-0.2, 0) is 9.47 Å². The highest BCUT2D eigenvalue weighted by Gasteiger charge is 2.22. The molecule has 0 radical (unpaired) electrons. The molecule has 2 aliphatic rings. The summed E-state index contributed by atoms with van der Waals surface area (Å²) in [5, 5.41) is 5.01. The van der Waals surface area contributed by atoms with E-state index in [0.717, 1.165) is 66.5 Å². The maximum Gasteiger partial charge on any atom is 0.267 e. The Balaban J connectivity index is 1.46. The average molecular weight is 492 g/mol. The summed E-state index contributed by atoms with van der Waals surface area (Å²) >= 11 is 14.0. The summed E-state index contributed by atoms with van der Waals surface area (Å²) in [4.78, 5) is 18.3. The summed E-state index contributed by atoms with van der Waals surface area (Å²) in [6.07, 6.45) is 0. The van der Waals surface area contributed by atoms with E-state index in [4.69, 9.17) is 32.7 Å². The summed E-state index contributed by atoms with van der Waals surface area (Å²) in [7, 11) is 0. The third-order valence-corrected chi connectivity index (χ3v) is 7.65. The first-order valence-corrected chi connectivity index (χ1v) is 12.2. The van der Waals surface area contributed by atoms with E-state index in [-0.39, 0.29) is 5.91 Å². The van der Waals surface area contributed by atoms with E-state index < -0.39 is 0 Å². The van der Waals surface area contributed by atoms with Crippen molar-refractivity contribution in [2.45, 2.75) is 0 Å². The van der Waals surface area contributed by atoms with Crippen molar-refractivity contribution in [3.8, 4) is 0 Å². The third kappa shape index (κ3) is 4.40. The Morgan fingerprint density at radius 1 is 0.906 bits per heavy atom. The third-order valence-electron chi connectivity index (χ3n) is 5.76. The number of nitrogens with zero attached hydrogens (tertiary/aromatic N) is 2. The quantitative estimate of drug-likeness (QED) is 0.547. The number of halogens is 2. The average Bonchev–Trinajstić information content (AvgIpc) is 3.16. The Morgan fingerprint density at radius 3 is 2.31 bits per heavy atom. The molecule has 168 valence electrons. The minimum absolute atomic E-state index is 0.221. The summed E-state index contributed by atoms with van der Waals surface area (Å²) in [6, 6.07) is 11.6. The highest BCUT2D eigenvalue weighted by Crippen LogP contribution is 2.38. The Bertz CT molecular complexity index is 1140. The fourth-order valence-corrected chi connectivity index (χ4v) is 5.76. The molecule has 1 aromatic heterocycles. The molecule has 9 heteroatoms. The molecule has 2 aliphatic heterocycles. The summed E-state index contributed by atoms with van der Waals surface area (Å²) in [5.74, 6) is -0.221. The van der Waals surface area contributed by atoms with Crippen molar-refractivity contribution in [3.05, 3.63) is 51.3 Å². The van der Waals surface area contributed by atoms with Crippen LogP contribution in [-0.4, -0.2) is 58.5 Å². The molecule has 2 fully saturated rings. The van der Waals surface area contributed by atoms with Gasteiger partial charge in [0.1, 0.15) is 4.88 Å². The second-order valence-electron chi connectivity index (χ2n) is 7.74. The van der Waals surface area contributed by atoms with Crippen LogP contribution in [0.2, 0.25) is 10.0 Å². The van der Waals surface area contributed by atoms with Crippen molar-refractivity contribution in [2.75, 3.05) is 67.7 Å². The number of hydrogen-bond donors (Lipinski definition) is 1. The molecule has 0 unspecified atom stereocenters. The largest absolute Gasteiger partial charge is 0.378 e. The molecular formula is C23H23Cl2N3O3S. The van der Waals surface area contributed by atoms with E-state index in [2.05, 4.69) is 27.2 Å². The standard InChI is InChI=1S/C23H23Cl2N3O3S/c24-15-1-3-17-20(13-15)32-22(21(17)25)23(29)26-18-4-2-16(27-5-9-30-10-6-27)14-19(18)28-7-11-31-12-8-28/h1-4,13-14H,5-12H2,(H,26,29). The number of carbonyl (C=O) groups excluding carboxylic acids is 1. The predicted molar refractivity (Wildman–Crippen MR) is 132 cm³/mol. The van der Waals surface area contributed by atoms with Gasteiger partial charge in [-0.05, 0) is 30.3 Å². The van der Waals surface area contributed by atoms with Crippen molar-refractivity contribution in [1.29, 1.82) is 0 Å². The number of ether oxygens (including phenoxy) is 2. The van der Waals surface area contributed by atoms with Gasteiger partial charge in [-0.2, -0.15) is 0 Å². The van der Waals surface area contributed by atoms with Crippen LogP contribution in [0.5, 0.6) is 0 Å². The molecule has 1 N–H and O–H groups in total. The Hall–Kier alpha value is -2.03. The molecular weight excluding hydrogens is 469 g/mol. The Labute approximate surface area is 200 Å². The van der Waals surface area contributed by atoms with E-state index in [9.17, 15) is 4.79 Å². The van der Waals surface area contributed by atoms with E-state index in [0.29, 0.717) is 28.1 Å². The monoisotopic (exact) mass is 491 g/mol. The van der Waals surface area contributed by atoms with Gasteiger partial charge >= 0.3 is 0 Å². The second-order valence-corrected chi connectivity index (χ2v) is 9.61. The number of anilines is 3. The minimum atomic E-state index is -0.221. The molecule has 2 saturated heterocycles. The molecule has 5 rings (SSSR count). The van der Waals surface area contributed by atoms with Gasteiger partial charge in [0.05, 0.1) is 42.8 Å². The first-order chi connectivity index (χ1) is 15.6. The van der Waals surface area contributed by atoms with Crippen LogP contribution < -0.4 is 15.1 Å². The molecule has 32 heavy (non-hydrogen) atoms. The van der Waals surface area contributed by atoms with Crippen molar-refractivity contribution in [1.82, 2.24) is 0 Å². The molecule has 3 heterocycles. The first-order valence-electron chi connectivity index (χ1n) is 10.6. The minimum Gasteiger partial charge on any atom is -0.378 e.